The summed E-state index contributed by atoms with van der Waals surface area (Å²) in [5.74, 6) is -0.323. The molecule has 0 spiro atoms. The fraction of sp³-hybridized carbons (Fsp3) is 0.0370. The number of phenols is 1. The molecule has 1 amide bonds. The van der Waals surface area contributed by atoms with Crippen molar-refractivity contribution in [3.8, 4) is 28.2 Å². The van der Waals surface area contributed by atoms with E-state index in [-0.39, 0.29) is 16.7 Å². The van der Waals surface area contributed by atoms with E-state index in [4.69, 9.17) is 4.42 Å². The van der Waals surface area contributed by atoms with Gasteiger partial charge in [0, 0.05) is 52.0 Å². The fourth-order valence-electron chi connectivity index (χ4n) is 4.34. The van der Waals surface area contributed by atoms with Crippen LogP contribution in [0.4, 0.5) is 17.1 Å². The molecule has 1 aliphatic carbocycles. The molecular formula is C27H17N3O8. The monoisotopic (exact) mass is 511 g/mol. The zero-order valence-electron chi connectivity index (χ0n) is 19.6. The van der Waals surface area contributed by atoms with Gasteiger partial charge < -0.3 is 14.8 Å². The van der Waals surface area contributed by atoms with Crippen LogP contribution in [0.5, 0.6) is 5.75 Å². The lowest BCUT2D eigenvalue weighted by Crippen LogP contribution is -2.12. The molecule has 0 unspecified atom stereocenters. The molecule has 0 radical (unpaired) electrons. The zero-order valence-corrected chi connectivity index (χ0v) is 19.6. The second kappa shape index (κ2) is 9.13. The Morgan fingerprint density at radius 3 is 2.32 bits per heavy atom. The van der Waals surface area contributed by atoms with Gasteiger partial charge in [0.15, 0.2) is 5.43 Å². The van der Waals surface area contributed by atoms with E-state index in [1.165, 1.54) is 24.3 Å². The number of aromatic hydroxyl groups is 1. The number of aryl methyl sites for hydroxylation is 1. The van der Waals surface area contributed by atoms with Crippen LogP contribution in [0.3, 0.4) is 0 Å². The summed E-state index contributed by atoms with van der Waals surface area (Å²) in [5.41, 5.74) is 1.93. The first-order valence-corrected chi connectivity index (χ1v) is 11.2. The molecule has 3 aromatic rings. The van der Waals surface area contributed by atoms with Gasteiger partial charge in [-0.15, -0.1) is 0 Å². The van der Waals surface area contributed by atoms with Crippen LogP contribution in [0.25, 0.3) is 33.4 Å². The van der Waals surface area contributed by atoms with Gasteiger partial charge in [-0.2, -0.15) is 0 Å². The van der Waals surface area contributed by atoms with Crippen molar-refractivity contribution in [3.05, 3.63) is 114 Å². The maximum absolute atomic E-state index is 12.8. The smallest absolute Gasteiger partial charge is 0.346 e. The van der Waals surface area contributed by atoms with Crippen LogP contribution in [0.15, 0.2) is 82.0 Å². The minimum absolute atomic E-state index is 0.00564. The van der Waals surface area contributed by atoms with Gasteiger partial charge >= 0.3 is 11.4 Å². The Hall–Kier alpha value is -5.58. The molecule has 2 aliphatic rings. The highest BCUT2D eigenvalue weighted by molar-refractivity contribution is 6.06. The lowest BCUT2D eigenvalue weighted by molar-refractivity contribution is -0.422. The third-order valence-electron chi connectivity index (χ3n) is 6.06. The maximum Gasteiger partial charge on any atom is 0.346 e. The van der Waals surface area contributed by atoms with E-state index in [0.29, 0.717) is 28.0 Å². The number of carbonyl (C=O) groups is 1. The molecular weight excluding hydrogens is 494 g/mol. The van der Waals surface area contributed by atoms with Crippen LogP contribution in [-0.4, -0.2) is 20.9 Å². The van der Waals surface area contributed by atoms with Gasteiger partial charge in [-0.3, -0.25) is 29.8 Å². The van der Waals surface area contributed by atoms with Crippen molar-refractivity contribution in [2.24, 2.45) is 0 Å². The SMILES string of the molecule is Cc1cc(NC(=O)c2ccc([N+](=O)[O-])c([N+](=O)[O-])c2)ccc1-c1c2ccc(=O)cc-2oc2cc(O)ccc12. The first-order chi connectivity index (χ1) is 18.1. The molecule has 2 N–H and O–H groups in total. The van der Waals surface area contributed by atoms with Crippen LogP contribution in [0, 0.1) is 27.2 Å². The normalized spacial score (nSPS) is 11.0. The van der Waals surface area contributed by atoms with E-state index in [9.17, 15) is 34.9 Å². The molecule has 38 heavy (non-hydrogen) atoms. The molecule has 1 heterocycles. The van der Waals surface area contributed by atoms with E-state index in [1.807, 2.05) is 6.92 Å². The topological polar surface area (TPSA) is 166 Å². The molecule has 0 aromatic heterocycles. The predicted molar refractivity (Wildman–Crippen MR) is 139 cm³/mol. The number of amides is 1. The summed E-state index contributed by atoms with van der Waals surface area (Å²) in [6, 6.07) is 17.2. The first-order valence-electron chi connectivity index (χ1n) is 11.2. The Morgan fingerprint density at radius 1 is 0.868 bits per heavy atom. The number of benzene rings is 4. The minimum atomic E-state index is -0.913. The number of rotatable bonds is 5. The summed E-state index contributed by atoms with van der Waals surface area (Å²) in [5, 5.41) is 35.6. The van der Waals surface area contributed by atoms with Crippen LogP contribution >= 0.6 is 0 Å². The Labute approximate surface area is 213 Å². The van der Waals surface area contributed by atoms with Gasteiger partial charge in [-0.05, 0) is 60.5 Å². The van der Waals surface area contributed by atoms with Crippen molar-refractivity contribution in [1.82, 2.24) is 0 Å². The molecule has 11 heteroatoms. The highest BCUT2D eigenvalue weighted by Gasteiger charge is 2.26. The predicted octanol–water partition coefficient (Wildman–Crippen LogP) is 5.65. The molecule has 3 aromatic carbocycles. The Balaban J connectivity index is 1.55. The van der Waals surface area contributed by atoms with Crippen molar-refractivity contribution in [2.45, 2.75) is 6.92 Å². The Morgan fingerprint density at radius 2 is 1.61 bits per heavy atom. The quantitative estimate of drug-likeness (QED) is 0.173. The zero-order chi connectivity index (χ0) is 27.1. The van der Waals surface area contributed by atoms with E-state index in [0.717, 1.165) is 34.9 Å². The van der Waals surface area contributed by atoms with E-state index in [2.05, 4.69) is 5.32 Å². The number of nitrogens with zero attached hydrogens (tertiary/aromatic N) is 2. The summed E-state index contributed by atoms with van der Waals surface area (Å²) < 4.78 is 5.88. The van der Waals surface area contributed by atoms with Gasteiger partial charge in [0.25, 0.3) is 5.91 Å². The first kappa shape index (κ1) is 24.1. The number of carbonyl (C=O) groups excluding carboxylic acids is 1. The number of nitrogens with one attached hydrogen (secondary N) is 1. The van der Waals surface area contributed by atoms with Crippen LogP contribution in [-0.2, 0) is 0 Å². The lowest BCUT2D eigenvalue weighted by Gasteiger charge is -2.17. The van der Waals surface area contributed by atoms with Crippen molar-refractivity contribution in [3.63, 3.8) is 0 Å². The Bertz CT molecular complexity index is 1830. The highest BCUT2D eigenvalue weighted by atomic mass is 16.6. The van der Waals surface area contributed by atoms with Gasteiger partial charge in [-0.25, -0.2) is 0 Å². The molecule has 0 saturated heterocycles. The van der Waals surface area contributed by atoms with Crippen molar-refractivity contribution < 1.29 is 24.2 Å². The number of hydrogen-bond acceptors (Lipinski definition) is 8. The average molecular weight is 511 g/mol. The third kappa shape index (κ3) is 4.28. The molecule has 5 rings (SSSR count). The standard InChI is InChI=1S/C27H17N3O8/c1-14-10-16(28-27(33)15-2-9-22(29(34)35)23(11-15)30(36)37)3-6-19(14)26-20-7-4-17(31)12-24(20)38-25-13-18(32)5-8-21(25)26/h2-13,31H,1H3,(H,28,33). The number of phenolic OH excluding ortho intramolecular Hbond substituents is 1. The van der Waals surface area contributed by atoms with Gasteiger partial charge in [0.2, 0.25) is 0 Å². The summed E-state index contributed by atoms with van der Waals surface area (Å²) >= 11 is 0. The summed E-state index contributed by atoms with van der Waals surface area (Å²) in [6.45, 7) is 1.83. The molecule has 11 nitrogen and oxygen atoms in total. The second-order valence-corrected chi connectivity index (χ2v) is 8.52. The summed E-state index contributed by atoms with van der Waals surface area (Å²) in [6.07, 6.45) is 0. The van der Waals surface area contributed by atoms with E-state index >= 15 is 0 Å². The molecule has 0 fully saturated rings. The lowest BCUT2D eigenvalue weighted by atomic mass is 9.91. The van der Waals surface area contributed by atoms with Crippen LogP contribution in [0.2, 0.25) is 0 Å². The fourth-order valence-corrected chi connectivity index (χ4v) is 4.34. The summed E-state index contributed by atoms with van der Waals surface area (Å²) in [4.78, 5) is 45.2. The number of anilines is 1. The van der Waals surface area contributed by atoms with E-state index in [1.54, 1.807) is 30.3 Å². The third-order valence-corrected chi connectivity index (χ3v) is 6.06. The number of fused-ring (bicyclic) bond motifs is 2. The minimum Gasteiger partial charge on any atom is -0.508 e. The van der Waals surface area contributed by atoms with Gasteiger partial charge in [-0.1, -0.05) is 6.07 Å². The molecule has 0 saturated carbocycles. The second-order valence-electron chi connectivity index (χ2n) is 8.52. The van der Waals surface area contributed by atoms with Crippen LogP contribution in [0.1, 0.15) is 15.9 Å². The number of nitro benzene ring substituents is 2. The van der Waals surface area contributed by atoms with Gasteiger partial charge in [0.1, 0.15) is 17.1 Å². The molecule has 188 valence electrons. The average Bonchev–Trinajstić information content (AvgIpc) is 2.87. The summed E-state index contributed by atoms with van der Waals surface area (Å²) in [7, 11) is 0. The molecule has 1 aliphatic heterocycles. The van der Waals surface area contributed by atoms with Crippen molar-refractivity contribution >= 4 is 33.9 Å². The van der Waals surface area contributed by atoms with Crippen molar-refractivity contribution in [1.29, 1.82) is 0 Å². The Kier molecular flexibility index (Phi) is 5.80. The van der Waals surface area contributed by atoms with Crippen molar-refractivity contribution in [2.75, 3.05) is 5.32 Å². The van der Waals surface area contributed by atoms with Gasteiger partial charge in [0.05, 0.1) is 9.85 Å². The number of hydrogen-bond donors (Lipinski definition) is 2. The molecule has 0 bridgehead atoms. The number of nitro groups is 2. The van der Waals surface area contributed by atoms with Crippen LogP contribution < -0.4 is 10.7 Å². The molecule has 0 atom stereocenters. The highest BCUT2D eigenvalue weighted by Crippen LogP contribution is 2.42. The largest absolute Gasteiger partial charge is 0.508 e. The van der Waals surface area contributed by atoms with E-state index < -0.39 is 27.1 Å². The maximum atomic E-state index is 12.8.